The Morgan fingerprint density at radius 1 is 1.19 bits per heavy atom. The van der Waals surface area contributed by atoms with Gasteiger partial charge in [-0.1, -0.05) is 18.2 Å². The van der Waals surface area contributed by atoms with Gasteiger partial charge < -0.3 is 5.32 Å². The Morgan fingerprint density at radius 2 is 1.90 bits per heavy atom. The zero-order valence-corrected chi connectivity index (χ0v) is 11.1. The summed E-state index contributed by atoms with van der Waals surface area (Å²) in [6, 6.07) is 11.6. The van der Waals surface area contributed by atoms with Gasteiger partial charge in [-0.15, -0.1) is 0 Å². The Labute approximate surface area is 120 Å². The number of nitro benzene ring substituents is 1. The van der Waals surface area contributed by atoms with E-state index in [1.807, 2.05) is 0 Å². The lowest BCUT2D eigenvalue weighted by atomic mass is 10.1. The van der Waals surface area contributed by atoms with E-state index in [1.165, 1.54) is 36.4 Å². The molecule has 0 unspecified atom stereocenters. The quantitative estimate of drug-likeness (QED) is 0.679. The van der Waals surface area contributed by atoms with Crippen LogP contribution in [0.2, 0.25) is 0 Å². The first-order valence-corrected chi connectivity index (χ1v) is 6.33. The molecule has 0 spiro atoms. The fourth-order valence-electron chi connectivity index (χ4n) is 1.84. The minimum atomic E-state index is -0.463. The first kappa shape index (κ1) is 14.6. The maximum absolute atomic E-state index is 13.0. The zero-order valence-electron chi connectivity index (χ0n) is 11.1. The Hall–Kier alpha value is -2.76. The Bertz CT molecular complexity index is 656. The van der Waals surface area contributed by atoms with E-state index in [4.69, 9.17) is 0 Å². The molecule has 0 aliphatic heterocycles. The van der Waals surface area contributed by atoms with Crippen molar-refractivity contribution in [1.29, 1.82) is 0 Å². The predicted molar refractivity (Wildman–Crippen MR) is 75.5 cm³/mol. The van der Waals surface area contributed by atoms with Crippen molar-refractivity contribution in [2.45, 2.75) is 6.42 Å². The first-order chi connectivity index (χ1) is 10.1. The highest BCUT2D eigenvalue weighted by molar-refractivity contribution is 5.94. The lowest BCUT2D eigenvalue weighted by Gasteiger charge is -2.05. The summed E-state index contributed by atoms with van der Waals surface area (Å²) in [6.07, 6.45) is 0.541. The molecule has 2 aromatic carbocycles. The van der Waals surface area contributed by atoms with Crippen molar-refractivity contribution >= 4 is 11.6 Å². The number of halogens is 1. The van der Waals surface area contributed by atoms with Gasteiger partial charge in [0.25, 0.3) is 11.6 Å². The van der Waals surface area contributed by atoms with Gasteiger partial charge in [0.2, 0.25) is 0 Å². The summed E-state index contributed by atoms with van der Waals surface area (Å²) in [5.74, 6) is -0.811. The second-order valence-electron chi connectivity index (χ2n) is 4.44. The number of nitro groups is 1. The molecular formula is C15H13FN2O3. The van der Waals surface area contributed by atoms with Gasteiger partial charge in [-0.2, -0.15) is 0 Å². The van der Waals surface area contributed by atoms with Gasteiger partial charge in [-0.25, -0.2) is 4.39 Å². The largest absolute Gasteiger partial charge is 0.352 e. The Morgan fingerprint density at radius 3 is 2.52 bits per heavy atom. The number of nitrogens with one attached hydrogen (secondary N) is 1. The highest BCUT2D eigenvalue weighted by Gasteiger charge is 2.07. The van der Waals surface area contributed by atoms with E-state index < -0.39 is 10.7 Å². The number of carbonyl (C=O) groups excluding carboxylic acids is 1. The van der Waals surface area contributed by atoms with Gasteiger partial charge in [0, 0.05) is 24.2 Å². The molecule has 0 atom stereocenters. The van der Waals surface area contributed by atoms with Gasteiger partial charge in [0.15, 0.2) is 0 Å². The van der Waals surface area contributed by atoms with E-state index in [2.05, 4.69) is 5.32 Å². The minimum absolute atomic E-state index is 0.0301. The van der Waals surface area contributed by atoms with Crippen LogP contribution in [0.1, 0.15) is 15.9 Å². The van der Waals surface area contributed by atoms with Gasteiger partial charge in [-0.3, -0.25) is 14.9 Å². The normalized spacial score (nSPS) is 10.1. The average molecular weight is 288 g/mol. The smallest absolute Gasteiger partial charge is 0.269 e. The summed E-state index contributed by atoms with van der Waals surface area (Å²) in [7, 11) is 0. The third kappa shape index (κ3) is 4.10. The second-order valence-corrected chi connectivity index (χ2v) is 4.44. The van der Waals surface area contributed by atoms with Crippen molar-refractivity contribution in [1.82, 2.24) is 5.32 Å². The van der Waals surface area contributed by atoms with Crippen LogP contribution in [0, 0.1) is 15.9 Å². The number of nitrogens with zero attached hydrogens (tertiary/aromatic N) is 1. The van der Waals surface area contributed by atoms with Crippen LogP contribution in [-0.4, -0.2) is 17.4 Å². The molecule has 0 aromatic heterocycles. The van der Waals surface area contributed by atoms with Crippen molar-refractivity contribution in [2.24, 2.45) is 0 Å². The molecule has 5 nitrogen and oxygen atoms in total. The number of hydrogen-bond donors (Lipinski definition) is 1. The Balaban J connectivity index is 1.86. The standard InChI is InChI=1S/C15H13FN2O3/c16-13-3-1-2-12(10-13)15(19)17-9-8-11-4-6-14(7-5-11)18(20)21/h1-7,10H,8-9H2,(H,17,19). The zero-order chi connectivity index (χ0) is 15.2. The molecule has 0 saturated carbocycles. The van der Waals surface area contributed by atoms with Crippen molar-refractivity contribution in [3.05, 3.63) is 75.6 Å². The number of carbonyl (C=O) groups is 1. The summed E-state index contributed by atoms with van der Waals surface area (Å²) < 4.78 is 13.0. The van der Waals surface area contributed by atoms with Crippen molar-refractivity contribution in [3.8, 4) is 0 Å². The first-order valence-electron chi connectivity index (χ1n) is 6.33. The van der Waals surface area contributed by atoms with Crippen LogP contribution >= 0.6 is 0 Å². The van der Waals surface area contributed by atoms with Crippen LogP contribution < -0.4 is 5.32 Å². The summed E-state index contributed by atoms with van der Waals surface area (Å²) in [6.45, 7) is 0.368. The van der Waals surface area contributed by atoms with Crippen molar-refractivity contribution in [2.75, 3.05) is 6.54 Å². The molecule has 2 rings (SSSR count). The minimum Gasteiger partial charge on any atom is -0.352 e. The molecule has 1 N–H and O–H groups in total. The predicted octanol–water partition coefficient (Wildman–Crippen LogP) is 2.71. The molecule has 21 heavy (non-hydrogen) atoms. The molecule has 6 heteroatoms. The van der Waals surface area contributed by atoms with E-state index in [-0.39, 0.29) is 17.2 Å². The van der Waals surface area contributed by atoms with Gasteiger partial charge in [-0.05, 0) is 30.2 Å². The Kier molecular flexibility index (Phi) is 4.61. The van der Waals surface area contributed by atoms with Crippen LogP contribution in [0.4, 0.5) is 10.1 Å². The maximum Gasteiger partial charge on any atom is 0.269 e. The van der Waals surface area contributed by atoms with Crippen molar-refractivity contribution < 1.29 is 14.1 Å². The second kappa shape index (κ2) is 6.60. The lowest BCUT2D eigenvalue weighted by Crippen LogP contribution is -2.25. The third-order valence-corrected chi connectivity index (χ3v) is 2.93. The molecule has 0 bridgehead atoms. The fraction of sp³-hybridized carbons (Fsp3) is 0.133. The van der Waals surface area contributed by atoms with Crippen LogP contribution in [0.3, 0.4) is 0 Å². The maximum atomic E-state index is 13.0. The van der Waals surface area contributed by atoms with E-state index in [1.54, 1.807) is 12.1 Å². The van der Waals surface area contributed by atoms with Crippen LogP contribution in [0.25, 0.3) is 0 Å². The van der Waals surface area contributed by atoms with Gasteiger partial charge >= 0.3 is 0 Å². The third-order valence-electron chi connectivity index (χ3n) is 2.93. The summed E-state index contributed by atoms with van der Waals surface area (Å²) in [4.78, 5) is 21.8. The van der Waals surface area contributed by atoms with Crippen LogP contribution in [0.15, 0.2) is 48.5 Å². The molecule has 2 aromatic rings. The van der Waals surface area contributed by atoms with Crippen LogP contribution in [-0.2, 0) is 6.42 Å². The SMILES string of the molecule is O=C(NCCc1ccc([N+](=O)[O-])cc1)c1cccc(F)c1. The number of hydrogen-bond acceptors (Lipinski definition) is 3. The fourth-order valence-corrected chi connectivity index (χ4v) is 1.84. The molecule has 0 fully saturated rings. The van der Waals surface area contributed by atoms with E-state index in [0.29, 0.717) is 13.0 Å². The number of benzene rings is 2. The van der Waals surface area contributed by atoms with Crippen LogP contribution in [0.5, 0.6) is 0 Å². The average Bonchev–Trinajstić information content (AvgIpc) is 2.47. The molecule has 0 radical (unpaired) electrons. The van der Waals surface area contributed by atoms with Crippen molar-refractivity contribution in [3.63, 3.8) is 0 Å². The number of amides is 1. The highest BCUT2D eigenvalue weighted by Crippen LogP contribution is 2.12. The number of non-ortho nitro benzene ring substituents is 1. The summed E-state index contributed by atoms with van der Waals surface area (Å²) in [5, 5.41) is 13.2. The molecule has 0 heterocycles. The molecular weight excluding hydrogens is 275 g/mol. The van der Waals surface area contributed by atoms with E-state index >= 15 is 0 Å². The molecule has 0 aliphatic rings. The summed E-state index contributed by atoms with van der Waals surface area (Å²) >= 11 is 0. The lowest BCUT2D eigenvalue weighted by molar-refractivity contribution is -0.384. The van der Waals surface area contributed by atoms with Gasteiger partial charge in [0.1, 0.15) is 5.82 Å². The summed E-state index contributed by atoms with van der Waals surface area (Å²) in [5.41, 5.74) is 1.17. The van der Waals surface area contributed by atoms with E-state index in [0.717, 1.165) is 5.56 Å². The molecule has 0 saturated heterocycles. The highest BCUT2D eigenvalue weighted by atomic mass is 19.1. The topological polar surface area (TPSA) is 72.2 Å². The monoisotopic (exact) mass is 288 g/mol. The molecule has 108 valence electrons. The number of rotatable bonds is 5. The van der Waals surface area contributed by atoms with E-state index in [9.17, 15) is 19.3 Å². The van der Waals surface area contributed by atoms with Gasteiger partial charge in [0.05, 0.1) is 4.92 Å². The molecule has 0 aliphatic carbocycles. The molecule has 1 amide bonds.